The summed E-state index contributed by atoms with van der Waals surface area (Å²) in [5.74, 6) is 1.06. The Morgan fingerprint density at radius 2 is 1.88 bits per heavy atom. The van der Waals surface area contributed by atoms with Gasteiger partial charge in [0.1, 0.15) is 45.4 Å². The molecular formula is C19H32N2O4+2. The van der Waals surface area contributed by atoms with Crippen LogP contribution < -0.4 is 19.3 Å². The van der Waals surface area contributed by atoms with Crippen LogP contribution in [-0.4, -0.2) is 70.0 Å². The average molecular weight is 352 g/mol. The van der Waals surface area contributed by atoms with Crippen LogP contribution in [-0.2, 0) is 0 Å². The minimum absolute atomic E-state index is 0.0159. The minimum atomic E-state index is -0.514. The Hall–Kier alpha value is -1.63. The first-order valence-electron chi connectivity index (χ1n) is 9.20. The Bertz CT molecular complexity index is 556. The Kier molecular flexibility index (Phi) is 7.68. The molecule has 3 N–H and O–H groups in total. The summed E-state index contributed by atoms with van der Waals surface area (Å²) in [5, 5.41) is 10.3. The molecule has 0 radical (unpaired) electrons. The Morgan fingerprint density at radius 1 is 1.20 bits per heavy atom. The number of piperazine rings is 1. The number of ether oxygens (including phenoxy) is 2. The third-order valence-electron chi connectivity index (χ3n) is 4.79. The van der Waals surface area contributed by atoms with Crippen molar-refractivity contribution in [3.8, 4) is 11.5 Å². The van der Waals surface area contributed by atoms with Crippen molar-refractivity contribution in [2.45, 2.75) is 26.4 Å². The number of aliphatic hydroxyl groups is 1. The summed E-state index contributed by atoms with van der Waals surface area (Å²) in [6, 6.07) is 5.11. The molecule has 0 aliphatic carbocycles. The van der Waals surface area contributed by atoms with Crippen LogP contribution in [0.5, 0.6) is 11.5 Å². The fraction of sp³-hybridized carbons (Fsp3) is 0.632. The van der Waals surface area contributed by atoms with Crippen molar-refractivity contribution in [2.24, 2.45) is 0 Å². The van der Waals surface area contributed by atoms with Crippen molar-refractivity contribution in [1.29, 1.82) is 0 Å². The number of hydrogen-bond donors (Lipinski definition) is 3. The number of quaternary nitrogens is 2. The molecule has 1 fully saturated rings. The highest BCUT2D eigenvalue weighted by Gasteiger charge is 2.24. The zero-order chi connectivity index (χ0) is 18.2. The quantitative estimate of drug-likeness (QED) is 0.490. The second kappa shape index (κ2) is 9.75. The van der Waals surface area contributed by atoms with Crippen molar-refractivity contribution >= 4 is 5.78 Å². The number of hydrogen-bond acceptors (Lipinski definition) is 4. The zero-order valence-electron chi connectivity index (χ0n) is 15.6. The molecule has 0 saturated carbocycles. The van der Waals surface area contributed by atoms with Gasteiger partial charge in [-0.2, -0.15) is 0 Å². The molecule has 2 rings (SSSR count). The SMILES string of the molecule is CCC[NH+]1CC[NH+](C[C@@H](O)COc2ccc(C(C)=O)cc2OC)CC1. The fourth-order valence-electron chi connectivity index (χ4n) is 3.35. The molecule has 1 aliphatic heterocycles. The number of carbonyl (C=O) groups excluding carboxylic acids is 1. The van der Waals surface area contributed by atoms with Gasteiger partial charge in [-0.05, 0) is 31.5 Å². The molecule has 1 aromatic carbocycles. The van der Waals surface area contributed by atoms with Crippen LogP contribution >= 0.6 is 0 Å². The van der Waals surface area contributed by atoms with E-state index in [1.807, 2.05) is 0 Å². The molecule has 25 heavy (non-hydrogen) atoms. The van der Waals surface area contributed by atoms with Crippen LogP contribution in [0.15, 0.2) is 18.2 Å². The van der Waals surface area contributed by atoms with Gasteiger partial charge in [0, 0.05) is 5.56 Å². The van der Waals surface area contributed by atoms with Gasteiger partial charge in [-0.3, -0.25) is 4.79 Å². The lowest BCUT2D eigenvalue weighted by atomic mass is 10.1. The van der Waals surface area contributed by atoms with E-state index in [9.17, 15) is 9.90 Å². The normalized spacial score (nSPS) is 21.6. The highest BCUT2D eigenvalue weighted by Crippen LogP contribution is 2.28. The molecule has 0 aromatic heterocycles. The second-order valence-electron chi connectivity index (χ2n) is 6.84. The summed E-state index contributed by atoms with van der Waals surface area (Å²) in [6.07, 6.45) is 0.714. The molecule has 6 nitrogen and oxygen atoms in total. The number of rotatable bonds is 9. The molecule has 140 valence electrons. The van der Waals surface area contributed by atoms with Crippen LogP contribution in [0.4, 0.5) is 0 Å². The first kappa shape index (κ1) is 19.7. The zero-order valence-corrected chi connectivity index (χ0v) is 15.6. The van der Waals surface area contributed by atoms with E-state index in [-0.39, 0.29) is 12.4 Å². The standard InChI is InChI=1S/C19H30N2O4/c1-4-7-20-8-10-21(11-9-20)13-17(23)14-25-18-6-5-16(15(2)22)12-19(18)24-3/h5-6,12,17,23H,4,7-11,13-14H2,1-3H3/p+2/t17-/m1/s1. The molecule has 1 saturated heterocycles. The van der Waals surface area contributed by atoms with Crippen molar-refractivity contribution in [1.82, 2.24) is 0 Å². The van der Waals surface area contributed by atoms with E-state index in [4.69, 9.17) is 9.47 Å². The largest absolute Gasteiger partial charge is 0.493 e. The van der Waals surface area contributed by atoms with Gasteiger partial charge in [-0.1, -0.05) is 6.92 Å². The lowest BCUT2D eigenvalue weighted by Crippen LogP contribution is -3.28. The molecule has 0 unspecified atom stereocenters. The lowest BCUT2D eigenvalue weighted by Gasteiger charge is -2.30. The molecule has 0 spiro atoms. The maximum atomic E-state index is 11.4. The Balaban J connectivity index is 1.80. The monoisotopic (exact) mass is 352 g/mol. The van der Waals surface area contributed by atoms with Crippen molar-refractivity contribution in [2.75, 3.05) is 53.0 Å². The highest BCUT2D eigenvalue weighted by molar-refractivity contribution is 5.94. The second-order valence-corrected chi connectivity index (χ2v) is 6.84. The van der Waals surface area contributed by atoms with Gasteiger partial charge >= 0.3 is 0 Å². The molecule has 0 bridgehead atoms. The van der Waals surface area contributed by atoms with Crippen LogP contribution in [0.3, 0.4) is 0 Å². The van der Waals surface area contributed by atoms with E-state index in [1.165, 1.54) is 37.9 Å². The lowest BCUT2D eigenvalue weighted by molar-refractivity contribution is -1.01. The van der Waals surface area contributed by atoms with Gasteiger partial charge in [0.2, 0.25) is 0 Å². The van der Waals surface area contributed by atoms with Gasteiger partial charge in [0.25, 0.3) is 0 Å². The number of aliphatic hydroxyl groups excluding tert-OH is 1. The maximum Gasteiger partial charge on any atom is 0.161 e. The molecule has 1 heterocycles. The first-order chi connectivity index (χ1) is 12.0. The van der Waals surface area contributed by atoms with Crippen LogP contribution in [0, 0.1) is 0 Å². The number of Topliss-reactive ketones (excluding diaryl/α,β-unsaturated/α-hetero) is 1. The number of nitrogens with one attached hydrogen (secondary N) is 2. The molecule has 0 amide bonds. The molecule has 1 atom stereocenters. The van der Waals surface area contributed by atoms with E-state index in [0.29, 0.717) is 23.6 Å². The summed E-state index contributed by atoms with van der Waals surface area (Å²) >= 11 is 0. The molecule has 6 heteroatoms. The summed E-state index contributed by atoms with van der Waals surface area (Å²) in [6.45, 7) is 10.5. The van der Waals surface area contributed by atoms with Crippen molar-refractivity contribution in [3.05, 3.63) is 23.8 Å². The Labute approximate surface area is 150 Å². The summed E-state index contributed by atoms with van der Waals surface area (Å²) < 4.78 is 11.0. The van der Waals surface area contributed by atoms with Crippen LogP contribution in [0.1, 0.15) is 30.6 Å². The van der Waals surface area contributed by atoms with E-state index in [0.717, 1.165) is 13.1 Å². The third-order valence-corrected chi connectivity index (χ3v) is 4.79. The topological polar surface area (TPSA) is 64.6 Å². The molecular weight excluding hydrogens is 320 g/mol. The van der Waals surface area contributed by atoms with Crippen molar-refractivity contribution in [3.63, 3.8) is 0 Å². The van der Waals surface area contributed by atoms with E-state index in [1.54, 1.807) is 30.2 Å². The van der Waals surface area contributed by atoms with E-state index in [2.05, 4.69) is 6.92 Å². The first-order valence-corrected chi connectivity index (χ1v) is 9.20. The van der Waals surface area contributed by atoms with E-state index < -0.39 is 6.10 Å². The van der Waals surface area contributed by atoms with Gasteiger partial charge in [0.15, 0.2) is 17.3 Å². The maximum absolute atomic E-state index is 11.4. The van der Waals surface area contributed by atoms with E-state index >= 15 is 0 Å². The molecule has 1 aromatic rings. The number of benzene rings is 1. The smallest absolute Gasteiger partial charge is 0.161 e. The number of methoxy groups -OCH3 is 1. The highest BCUT2D eigenvalue weighted by atomic mass is 16.5. The van der Waals surface area contributed by atoms with Gasteiger partial charge in [-0.15, -0.1) is 0 Å². The predicted molar refractivity (Wildman–Crippen MR) is 95.9 cm³/mol. The Morgan fingerprint density at radius 3 is 2.48 bits per heavy atom. The van der Waals surface area contributed by atoms with Gasteiger partial charge in [-0.25, -0.2) is 0 Å². The number of carbonyl (C=O) groups is 1. The van der Waals surface area contributed by atoms with Gasteiger partial charge in [0.05, 0.1) is 13.7 Å². The summed E-state index contributed by atoms with van der Waals surface area (Å²) in [4.78, 5) is 14.5. The third kappa shape index (κ3) is 5.99. The summed E-state index contributed by atoms with van der Waals surface area (Å²) in [7, 11) is 1.55. The predicted octanol–water partition coefficient (Wildman–Crippen LogP) is -1.17. The average Bonchev–Trinajstić information content (AvgIpc) is 2.61. The molecule has 1 aliphatic rings. The number of ketones is 1. The van der Waals surface area contributed by atoms with Gasteiger partial charge < -0.3 is 24.4 Å². The fourth-order valence-corrected chi connectivity index (χ4v) is 3.35. The van der Waals surface area contributed by atoms with Crippen LogP contribution in [0.2, 0.25) is 0 Å². The van der Waals surface area contributed by atoms with Crippen molar-refractivity contribution < 1.29 is 29.2 Å². The minimum Gasteiger partial charge on any atom is -0.493 e. The summed E-state index contributed by atoms with van der Waals surface area (Å²) in [5.41, 5.74) is 0.585. The van der Waals surface area contributed by atoms with Crippen LogP contribution in [0.25, 0.3) is 0 Å².